The average molecular weight is 956 g/mol. The number of unbranched alkanes of at least 4 members (excludes halogenated alkanes) is 18. The Bertz CT molecular complexity index is 1470. The van der Waals surface area contributed by atoms with Gasteiger partial charge in [0, 0.05) is 19.3 Å². The van der Waals surface area contributed by atoms with Gasteiger partial charge in [-0.15, -0.1) is 0 Å². The van der Waals surface area contributed by atoms with Crippen molar-refractivity contribution in [2.75, 3.05) is 13.2 Å². The van der Waals surface area contributed by atoms with Crippen LogP contribution in [0.1, 0.15) is 239 Å². The molecule has 0 aromatic rings. The number of hydrogen-bond acceptors (Lipinski definition) is 6. The van der Waals surface area contributed by atoms with Gasteiger partial charge in [0.1, 0.15) is 13.2 Å². The van der Waals surface area contributed by atoms with E-state index >= 15 is 0 Å². The summed E-state index contributed by atoms with van der Waals surface area (Å²) in [6.45, 7) is 6.34. The van der Waals surface area contributed by atoms with E-state index in [2.05, 4.69) is 142 Å². The summed E-state index contributed by atoms with van der Waals surface area (Å²) in [4.78, 5) is 38.1. The number of hydrogen-bond donors (Lipinski definition) is 0. The maximum absolute atomic E-state index is 12.8. The van der Waals surface area contributed by atoms with Crippen molar-refractivity contribution in [3.8, 4) is 0 Å². The fourth-order valence-corrected chi connectivity index (χ4v) is 7.28. The maximum atomic E-state index is 12.8. The summed E-state index contributed by atoms with van der Waals surface area (Å²) >= 11 is 0. The minimum Gasteiger partial charge on any atom is -0.462 e. The highest BCUT2D eigenvalue weighted by Gasteiger charge is 2.19. The van der Waals surface area contributed by atoms with Gasteiger partial charge in [-0.2, -0.15) is 0 Å². The number of ether oxygens (including phenoxy) is 3. The van der Waals surface area contributed by atoms with Crippen LogP contribution in [0, 0.1) is 0 Å². The summed E-state index contributed by atoms with van der Waals surface area (Å²) in [5, 5.41) is 0. The van der Waals surface area contributed by atoms with Crippen molar-refractivity contribution < 1.29 is 28.6 Å². The van der Waals surface area contributed by atoms with Crippen LogP contribution in [-0.4, -0.2) is 37.2 Å². The van der Waals surface area contributed by atoms with Gasteiger partial charge in [0.25, 0.3) is 0 Å². The van der Waals surface area contributed by atoms with Crippen LogP contribution in [0.5, 0.6) is 0 Å². The van der Waals surface area contributed by atoms with Crippen molar-refractivity contribution in [2.24, 2.45) is 0 Å². The summed E-state index contributed by atoms with van der Waals surface area (Å²) in [5.74, 6) is -0.959. The van der Waals surface area contributed by atoms with Crippen LogP contribution >= 0.6 is 0 Å². The molecular weight excluding hydrogens is 853 g/mol. The first-order valence-corrected chi connectivity index (χ1v) is 28.0. The molecule has 0 heterocycles. The Kier molecular flexibility index (Phi) is 53.0. The Morgan fingerprint density at radius 1 is 0.304 bits per heavy atom. The quantitative estimate of drug-likeness (QED) is 0.0262. The Hall–Kier alpha value is -4.19. The van der Waals surface area contributed by atoms with E-state index in [1.807, 2.05) is 0 Å². The predicted molar refractivity (Wildman–Crippen MR) is 297 cm³/mol. The predicted octanol–water partition coefficient (Wildman–Crippen LogP) is 18.9. The van der Waals surface area contributed by atoms with E-state index in [1.54, 1.807) is 0 Å². The molecular formula is C63H102O6. The highest BCUT2D eigenvalue weighted by molar-refractivity contribution is 5.71. The minimum absolute atomic E-state index is 0.102. The zero-order chi connectivity index (χ0) is 50.0. The lowest BCUT2D eigenvalue weighted by molar-refractivity contribution is -0.167. The number of carbonyl (C=O) groups is 3. The van der Waals surface area contributed by atoms with E-state index in [-0.39, 0.29) is 37.5 Å². The zero-order valence-electron chi connectivity index (χ0n) is 44.5. The van der Waals surface area contributed by atoms with Crippen LogP contribution in [0.15, 0.2) is 122 Å². The van der Waals surface area contributed by atoms with Gasteiger partial charge in [0.2, 0.25) is 0 Å². The van der Waals surface area contributed by atoms with Gasteiger partial charge in [0.05, 0.1) is 0 Å². The van der Waals surface area contributed by atoms with Gasteiger partial charge in [-0.05, 0) is 128 Å². The third kappa shape index (κ3) is 54.6. The molecule has 6 nitrogen and oxygen atoms in total. The van der Waals surface area contributed by atoms with Crippen LogP contribution in [0.4, 0.5) is 0 Å². The molecule has 0 aliphatic rings. The van der Waals surface area contributed by atoms with E-state index in [4.69, 9.17) is 14.2 Å². The third-order valence-electron chi connectivity index (χ3n) is 11.4. The number of rotatable bonds is 49. The lowest BCUT2D eigenvalue weighted by Crippen LogP contribution is -2.30. The summed E-state index contributed by atoms with van der Waals surface area (Å²) in [5.41, 5.74) is 0. The molecule has 1 atom stereocenters. The second-order valence-corrected chi connectivity index (χ2v) is 18.1. The summed E-state index contributed by atoms with van der Waals surface area (Å²) in [7, 11) is 0. The first kappa shape index (κ1) is 64.8. The van der Waals surface area contributed by atoms with Crippen LogP contribution < -0.4 is 0 Å². The zero-order valence-corrected chi connectivity index (χ0v) is 44.5. The lowest BCUT2D eigenvalue weighted by Gasteiger charge is -2.18. The van der Waals surface area contributed by atoms with Gasteiger partial charge in [0.15, 0.2) is 6.10 Å². The molecule has 0 bridgehead atoms. The number of allylic oxidation sites excluding steroid dienone is 20. The molecule has 0 saturated heterocycles. The van der Waals surface area contributed by atoms with Gasteiger partial charge in [-0.25, -0.2) is 0 Å². The molecule has 0 radical (unpaired) electrons. The first-order valence-electron chi connectivity index (χ1n) is 28.0. The van der Waals surface area contributed by atoms with Crippen molar-refractivity contribution in [3.63, 3.8) is 0 Å². The molecule has 0 fully saturated rings. The molecule has 69 heavy (non-hydrogen) atoms. The SMILES string of the molecule is CC/C=C\C/C=C\C/C=C\C/C=C\C/C=C\C/C=C\CCCCCCCCC(=O)OCC(COC(=O)CCCCCCC/C=C\CCCCCC)OC(=O)CCCCC/C=C\C/C=C\C/C=C\CC. The topological polar surface area (TPSA) is 78.9 Å². The lowest BCUT2D eigenvalue weighted by atomic mass is 10.1. The maximum Gasteiger partial charge on any atom is 0.306 e. The minimum atomic E-state index is -0.806. The monoisotopic (exact) mass is 955 g/mol. The van der Waals surface area contributed by atoms with Gasteiger partial charge >= 0.3 is 17.9 Å². The Balaban J connectivity index is 4.39. The molecule has 0 aliphatic carbocycles. The molecule has 0 rings (SSSR count). The van der Waals surface area contributed by atoms with E-state index in [9.17, 15) is 14.4 Å². The van der Waals surface area contributed by atoms with Crippen molar-refractivity contribution >= 4 is 17.9 Å². The first-order chi connectivity index (χ1) is 34.0. The molecule has 0 amide bonds. The summed E-state index contributed by atoms with van der Waals surface area (Å²) in [6.07, 6.45) is 77.6. The molecule has 0 saturated carbocycles. The fraction of sp³-hybridized carbons (Fsp3) is 0.635. The fourth-order valence-electron chi connectivity index (χ4n) is 7.28. The van der Waals surface area contributed by atoms with E-state index in [1.165, 1.54) is 51.4 Å². The van der Waals surface area contributed by atoms with Gasteiger partial charge in [-0.3, -0.25) is 14.4 Å². The molecule has 0 spiro atoms. The molecule has 0 aromatic heterocycles. The normalized spacial score (nSPS) is 13.0. The van der Waals surface area contributed by atoms with Crippen LogP contribution in [-0.2, 0) is 28.6 Å². The number of carbonyl (C=O) groups excluding carboxylic acids is 3. The van der Waals surface area contributed by atoms with E-state index in [0.717, 1.165) is 148 Å². The Morgan fingerprint density at radius 2 is 0.565 bits per heavy atom. The van der Waals surface area contributed by atoms with Crippen LogP contribution in [0.25, 0.3) is 0 Å². The molecule has 0 aliphatic heterocycles. The standard InChI is InChI=1S/C63H102O6/c1-4-7-10-13-16-19-22-25-26-27-28-29-30-31-32-33-34-35-36-39-41-44-47-50-53-56-62(65)68-59-60(69-63(66)57-54-51-48-45-42-38-24-21-18-15-12-9-6-3)58-67-61(64)55-52-49-46-43-40-37-23-20-17-14-11-8-5-2/h7,9-10,12,16,18-21,23,25-26,28-29,31-32,34-35,38,42,60H,4-6,8,11,13-15,17,22,24,27,30,33,36-37,39-41,43-59H2,1-3H3/b10-7-,12-9-,19-16-,21-18-,23-20-,26-25-,29-28-,32-31-,35-34-,42-38-. The second kappa shape index (κ2) is 56.4. The third-order valence-corrected chi connectivity index (χ3v) is 11.4. The Labute approximate surface area is 424 Å². The van der Waals surface area contributed by atoms with Crippen molar-refractivity contribution in [1.82, 2.24) is 0 Å². The molecule has 0 aromatic carbocycles. The van der Waals surface area contributed by atoms with Crippen molar-refractivity contribution in [1.29, 1.82) is 0 Å². The molecule has 390 valence electrons. The highest BCUT2D eigenvalue weighted by Crippen LogP contribution is 2.13. The van der Waals surface area contributed by atoms with Crippen molar-refractivity contribution in [3.05, 3.63) is 122 Å². The van der Waals surface area contributed by atoms with Crippen LogP contribution in [0.3, 0.4) is 0 Å². The Morgan fingerprint density at radius 3 is 0.913 bits per heavy atom. The highest BCUT2D eigenvalue weighted by atomic mass is 16.6. The van der Waals surface area contributed by atoms with Crippen molar-refractivity contribution in [2.45, 2.75) is 245 Å². The number of esters is 3. The molecule has 6 heteroatoms. The van der Waals surface area contributed by atoms with Crippen LogP contribution in [0.2, 0.25) is 0 Å². The molecule has 0 N–H and O–H groups in total. The smallest absolute Gasteiger partial charge is 0.306 e. The second-order valence-electron chi connectivity index (χ2n) is 18.1. The van der Waals surface area contributed by atoms with E-state index in [0.29, 0.717) is 12.8 Å². The summed E-state index contributed by atoms with van der Waals surface area (Å²) in [6, 6.07) is 0. The van der Waals surface area contributed by atoms with Gasteiger partial charge < -0.3 is 14.2 Å². The molecule has 1 unspecified atom stereocenters. The summed E-state index contributed by atoms with van der Waals surface area (Å²) < 4.78 is 16.8. The largest absolute Gasteiger partial charge is 0.462 e. The van der Waals surface area contributed by atoms with Gasteiger partial charge in [-0.1, -0.05) is 213 Å². The average Bonchev–Trinajstić information content (AvgIpc) is 3.35. The van der Waals surface area contributed by atoms with E-state index < -0.39 is 6.10 Å².